The molecule has 4 heteroatoms. The largest absolute Gasteiger partial charge is 0.493 e. The average molecular weight is 354 g/mol. The molecule has 0 saturated carbocycles. The molecule has 1 aromatic carbocycles. The molecule has 1 N–H and O–H groups in total. The maximum absolute atomic E-state index is 5.89. The molecule has 0 aliphatic carbocycles. The molecule has 0 bridgehead atoms. The highest BCUT2D eigenvalue weighted by atomic mass is 79.9. The molecule has 0 aliphatic heterocycles. The summed E-state index contributed by atoms with van der Waals surface area (Å²) in [7, 11) is 0. The number of hydrogen-bond donors (Lipinski definition) is 1. The van der Waals surface area contributed by atoms with Gasteiger partial charge in [-0.05, 0) is 41.0 Å². The van der Waals surface area contributed by atoms with Crippen LogP contribution in [0, 0.1) is 0 Å². The van der Waals surface area contributed by atoms with E-state index in [4.69, 9.17) is 4.74 Å². The Morgan fingerprint density at radius 1 is 1.30 bits per heavy atom. The number of hydrogen-bond acceptors (Lipinski definition) is 3. The van der Waals surface area contributed by atoms with Crippen LogP contribution in [0.25, 0.3) is 0 Å². The van der Waals surface area contributed by atoms with Crippen LogP contribution < -0.4 is 10.1 Å². The summed E-state index contributed by atoms with van der Waals surface area (Å²) in [5.41, 5.74) is 1.21. The molecule has 2 nitrogen and oxygen atoms in total. The van der Waals surface area contributed by atoms with Gasteiger partial charge in [-0.1, -0.05) is 32.0 Å². The van der Waals surface area contributed by atoms with E-state index in [0.717, 1.165) is 29.8 Å². The average Bonchev–Trinajstić information content (AvgIpc) is 2.89. The molecule has 1 atom stereocenters. The lowest BCUT2D eigenvalue weighted by atomic mass is 10.0. The van der Waals surface area contributed by atoms with Crippen LogP contribution in [-0.4, -0.2) is 13.2 Å². The Hall–Kier alpha value is -0.840. The number of nitrogens with one attached hydrogen (secondary N) is 1. The first kappa shape index (κ1) is 15.5. The van der Waals surface area contributed by atoms with Gasteiger partial charge in [0, 0.05) is 20.3 Å². The summed E-state index contributed by atoms with van der Waals surface area (Å²) in [5.74, 6) is 0.977. The molecule has 1 aromatic heterocycles. The first-order valence-corrected chi connectivity index (χ1v) is 8.62. The van der Waals surface area contributed by atoms with Crippen molar-refractivity contribution >= 4 is 27.3 Å². The van der Waals surface area contributed by atoms with E-state index in [-0.39, 0.29) is 6.04 Å². The zero-order valence-corrected chi connectivity index (χ0v) is 14.3. The minimum absolute atomic E-state index is 0.185. The molecule has 0 radical (unpaired) electrons. The van der Waals surface area contributed by atoms with Crippen LogP contribution in [0.2, 0.25) is 0 Å². The van der Waals surface area contributed by atoms with Crippen LogP contribution in [0.15, 0.2) is 40.2 Å². The number of benzene rings is 1. The second-order valence-electron chi connectivity index (χ2n) is 4.54. The Labute approximate surface area is 133 Å². The van der Waals surface area contributed by atoms with Crippen LogP contribution in [-0.2, 0) is 0 Å². The number of thiophene rings is 1. The van der Waals surface area contributed by atoms with Crippen molar-refractivity contribution in [1.29, 1.82) is 0 Å². The van der Waals surface area contributed by atoms with Gasteiger partial charge >= 0.3 is 0 Å². The lowest BCUT2D eigenvalue weighted by molar-refractivity contribution is 0.312. The van der Waals surface area contributed by atoms with Gasteiger partial charge in [0.2, 0.25) is 0 Å². The van der Waals surface area contributed by atoms with E-state index in [1.807, 2.05) is 6.07 Å². The number of rotatable bonds is 7. The first-order chi connectivity index (χ1) is 9.76. The predicted octanol–water partition coefficient (Wildman–Crippen LogP) is 5.00. The molecule has 1 heterocycles. The van der Waals surface area contributed by atoms with Gasteiger partial charge in [0.15, 0.2) is 0 Å². The highest BCUT2D eigenvalue weighted by molar-refractivity contribution is 9.10. The normalized spacial score (nSPS) is 12.3. The number of halogens is 1. The molecule has 0 aliphatic rings. The second-order valence-corrected chi connectivity index (χ2v) is 6.40. The smallest absolute Gasteiger partial charge is 0.124 e. The van der Waals surface area contributed by atoms with Crippen LogP contribution in [0.5, 0.6) is 5.75 Å². The van der Waals surface area contributed by atoms with Crippen LogP contribution in [0.4, 0.5) is 0 Å². The van der Waals surface area contributed by atoms with Crippen molar-refractivity contribution in [3.05, 3.63) is 50.6 Å². The Kier molecular flexibility index (Phi) is 6.07. The number of ether oxygens (including phenoxy) is 1. The Balaban J connectivity index is 2.33. The summed E-state index contributed by atoms with van der Waals surface area (Å²) in [4.78, 5) is 1.30. The first-order valence-electron chi connectivity index (χ1n) is 6.95. The van der Waals surface area contributed by atoms with E-state index in [9.17, 15) is 0 Å². The van der Waals surface area contributed by atoms with Crippen molar-refractivity contribution in [3.8, 4) is 5.75 Å². The fourth-order valence-electron chi connectivity index (χ4n) is 2.11. The molecule has 108 valence electrons. The Bertz CT molecular complexity index is 541. The van der Waals surface area contributed by atoms with Gasteiger partial charge in [-0.15, -0.1) is 11.3 Å². The molecular formula is C16H20BrNOS. The van der Waals surface area contributed by atoms with E-state index >= 15 is 0 Å². The van der Waals surface area contributed by atoms with Gasteiger partial charge in [-0.2, -0.15) is 0 Å². The molecule has 1 unspecified atom stereocenters. The topological polar surface area (TPSA) is 21.3 Å². The summed E-state index contributed by atoms with van der Waals surface area (Å²) in [6.07, 6.45) is 1.02. The van der Waals surface area contributed by atoms with Gasteiger partial charge in [0.05, 0.1) is 12.6 Å². The predicted molar refractivity (Wildman–Crippen MR) is 89.8 cm³/mol. The van der Waals surface area contributed by atoms with Gasteiger partial charge in [-0.3, -0.25) is 0 Å². The highest BCUT2D eigenvalue weighted by Gasteiger charge is 2.18. The molecule has 20 heavy (non-hydrogen) atoms. The van der Waals surface area contributed by atoms with E-state index < -0.39 is 0 Å². The Morgan fingerprint density at radius 3 is 2.75 bits per heavy atom. The molecule has 0 spiro atoms. The lowest BCUT2D eigenvalue weighted by Gasteiger charge is -2.20. The van der Waals surface area contributed by atoms with Crippen LogP contribution >= 0.6 is 27.3 Å². The van der Waals surface area contributed by atoms with Crippen molar-refractivity contribution in [1.82, 2.24) is 5.32 Å². The fraction of sp³-hybridized carbons (Fsp3) is 0.375. The van der Waals surface area contributed by atoms with Crippen molar-refractivity contribution in [2.45, 2.75) is 26.3 Å². The minimum Gasteiger partial charge on any atom is -0.493 e. The summed E-state index contributed by atoms with van der Waals surface area (Å²) in [5, 5.41) is 5.68. The van der Waals surface area contributed by atoms with E-state index in [2.05, 4.69) is 64.7 Å². The van der Waals surface area contributed by atoms with E-state index in [0.29, 0.717) is 0 Å². The second kappa shape index (κ2) is 7.81. The maximum Gasteiger partial charge on any atom is 0.124 e. The van der Waals surface area contributed by atoms with Crippen molar-refractivity contribution in [3.63, 3.8) is 0 Å². The van der Waals surface area contributed by atoms with E-state index in [1.165, 1.54) is 10.4 Å². The summed E-state index contributed by atoms with van der Waals surface area (Å²) < 4.78 is 7.03. The minimum atomic E-state index is 0.185. The van der Waals surface area contributed by atoms with E-state index in [1.54, 1.807) is 11.3 Å². The quantitative estimate of drug-likeness (QED) is 0.756. The molecule has 2 aromatic rings. The van der Waals surface area contributed by atoms with Crippen molar-refractivity contribution < 1.29 is 4.74 Å². The lowest BCUT2D eigenvalue weighted by Crippen LogP contribution is -2.21. The summed E-state index contributed by atoms with van der Waals surface area (Å²) in [6, 6.07) is 10.7. The molecule has 0 saturated heterocycles. The SMILES string of the molecule is CCCOc1ccccc1C(NCC)c1cc(Br)cs1. The zero-order chi connectivity index (χ0) is 14.4. The van der Waals surface area contributed by atoms with Crippen LogP contribution in [0.1, 0.15) is 36.8 Å². The third-order valence-corrected chi connectivity index (χ3v) is 4.73. The van der Waals surface area contributed by atoms with Gasteiger partial charge < -0.3 is 10.1 Å². The molecular weight excluding hydrogens is 334 g/mol. The molecule has 2 rings (SSSR count). The fourth-order valence-corrected chi connectivity index (χ4v) is 3.65. The molecule has 0 amide bonds. The molecule has 0 fully saturated rings. The Morgan fingerprint density at radius 2 is 2.10 bits per heavy atom. The van der Waals surface area contributed by atoms with Crippen molar-refractivity contribution in [2.75, 3.05) is 13.2 Å². The van der Waals surface area contributed by atoms with Crippen LogP contribution in [0.3, 0.4) is 0 Å². The standard InChI is InChI=1S/C16H20BrNOS/c1-3-9-19-14-8-6-5-7-13(14)16(18-4-2)15-10-12(17)11-20-15/h5-8,10-11,16,18H,3-4,9H2,1-2H3. The summed E-state index contributed by atoms with van der Waals surface area (Å²) >= 11 is 5.30. The summed E-state index contributed by atoms with van der Waals surface area (Å²) in [6.45, 7) is 5.93. The van der Waals surface area contributed by atoms with Gasteiger partial charge in [0.1, 0.15) is 5.75 Å². The van der Waals surface area contributed by atoms with Gasteiger partial charge in [0.25, 0.3) is 0 Å². The van der Waals surface area contributed by atoms with Crippen molar-refractivity contribution in [2.24, 2.45) is 0 Å². The van der Waals surface area contributed by atoms with Gasteiger partial charge in [-0.25, -0.2) is 0 Å². The zero-order valence-electron chi connectivity index (χ0n) is 11.9. The maximum atomic E-state index is 5.89. The third kappa shape index (κ3) is 3.84. The third-order valence-electron chi connectivity index (χ3n) is 2.97. The highest BCUT2D eigenvalue weighted by Crippen LogP contribution is 2.34. The monoisotopic (exact) mass is 353 g/mol. The number of para-hydroxylation sites is 1.